The molecule has 5 nitrogen and oxygen atoms in total. The zero-order valence-electron chi connectivity index (χ0n) is 18.8. The topological polar surface area (TPSA) is 58.6 Å². The van der Waals surface area contributed by atoms with Gasteiger partial charge in [0.25, 0.3) is 11.8 Å². The third-order valence-corrected chi connectivity index (χ3v) is 6.61. The summed E-state index contributed by atoms with van der Waals surface area (Å²) in [7, 11) is 0. The van der Waals surface area contributed by atoms with Crippen LogP contribution < -0.4 is 10.1 Å². The number of carbonyl (C=O) groups is 2. The molecule has 33 heavy (non-hydrogen) atoms. The lowest BCUT2D eigenvalue weighted by molar-refractivity contribution is -0.141. The van der Waals surface area contributed by atoms with Crippen LogP contribution in [0.5, 0.6) is 5.75 Å². The Morgan fingerprint density at radius 1 is 1.03 bits per heavy atom. The average Bonchev–Trinajstić information content (AvgIpc) is 3.00. The van der Waals surface area contributed by atoms with Gasteiger partial charge in [-0.05, 0) is 67.1 Å². The Labute approximate surface area is 194 Å². The maximum Gasteiger partial charge on any atom is 0.264 e. The predicted octanol–water partition coefficient (Wildman–Crippen LogP) is 5.52. The fourth-order valence-corrected chi connectivity index (χ4v) is 4.91. The number of carbonyl (C=O) groups excluding carboxylic acids is 2. The Balaban J connectivity index is 1.47. The summed E-state index contributed by atoms with van der Waals surface area (Å²) in [5.41, 5.74) is 4.77. The Bertz CT molecular complexity index is 1170. The van der Waals surface area contributed by atoms with Gasteiger partial charge in [0.2, 0.25) is 0 Å². The van der Waals surface area contributed by atoms with Gasteiger partial charge in [-0.2, -0.15) is 0 Å². The number of nitrogens with zero attached hydrogens (tertiary/aromatic N) is 1. The van der Waals surface area contributed by atoms with Gasteiger partial charge in [-0.3, -0.25) is 9.59 Å². The highest BCUT2D eigenvalue weighted by molar-refractivity contribution is 6.04. The number of hydrogen-bond donors (Lipinski definition) is 1. The maximum atomic E-state index is 13.5. The van der Waals surface area contributed by atoms with Crippen LogP contribution >= 0.6 is 0 Å². The molecule has 5 rings (SSSR count). The van der Waals surface area contributed by atoms with Crippen LogP contribution in [-0.2, 0) is 17.8 Å². The van der Waals surface area contributed by atoms with Gasteiger partial charge in [0.05, 0.1) is 12.6 Å². The van der Waals surface area contributed by atoms with Crippen molar-refractivity contribution < 1.29 is 14.3 Å². The zero-order valence-corrected chi connectivity index (χ0v) is 18.8. The molecule has 168 valence electrons. The molecule has 0 saturated heterocycles. The van der Waals surface area contributed by atoms with Crippen LogP contribution in [-0.4, -0.2) is 22.8 Å². The second-order valence-corrected chi connectivity index (χ2v) is 8.73. The lowest BCUT2D eigenvalue weighted by atomic mass is 9.86. The Morgan fingerprint density at radius 2 is 1.82 bits per heavy atom. The highest BCUT2D eigenvalue weighted by atomic mass is 16.5. The minimum atomic E-state index is -0.509. The standard InChI is InChI=1S/C28H28N2O3/c1-2-25-28(32)30(24-14-8-12-19-9-6-7-13-23(19)24)18-21-17-22(15-16-26(21)33-25)29-27(31)20-10-4-3-5-11-20/h3-7,9-11,13,15-17,24-25H,2,8,12,14,18H2,1H3,(H,29,31)/t24-,25-/m0/s1. The lowest BCUT2D eigenvalue weighted by Crippen LogP contribution is -2.42. The molecule has 5 heteroatoms. The van der Waals surface area contributed by atoms with E-state index in [1.165, 1.54) is 11.1 Å². The SMILES string of the molecule is CC[C@@H]1Oc2ccc(NC(=O)c3ccccc3)cc2CN([C@H]2CCCc3ccccc32)C1=O. The highest BCUT2D eigenvalue weighted by Gasteiger charge is 2.36. The van der Waals surface area contributed by atoms with Crippen molar-refractivity contribution in [1.82, 2.24) is 4.90 Å². The van der Waals surface area contributed by atoms with Gasteiger partial charge < -0.3 is 15.0 Å². The molecule has 1 aliphatic heterocycles. The molecule has 0 fully saturated rings. The molecule has 2 amide bonds. The van der Waals surface area contributed by atoms with Gasteiger partial charge in [-0.15, -0.1) is 0 Å². The fraction of sp³-hybridized carbons (Fsp3) is 0.286. The van der Waals surface area contributed by atoms with Crippen molar-refractivity contribution in [1.29, 1.82) is 0 Å². The van der Waals surface area contributed by atoms with E-state index in [-0.39, 0.29) is 17.9 Å². The molecule has 0 bridgehead atoms. The molecule has 0 saturated carbocycles. The van der Waals surface area contributed by atoms with Crippen LogP contribution in [0.4, 0.5) is 5.69 Å². The first-order valence-electron chi connectivity index (χ1n) is 11.7. The van der Waals surface area contributed by atoms with Gasteiger partial charge in [0, 0.05) is 16.8 Å². The van der Waals surface area contributed by atoms with Crippen molar-refractivity contribution >= 4 is 17.5 Å². The van der Waals surface area contributed by atoms with Crippen molar-refractivity contribution in [2.75, 3.05) is 5.32 Å². The van der Waals surface area contributed by atoms with Crippen LogP contribution in [0, 0.1) is 0 Å². The molecular weight excluding hydrogens is 412 g/mol. The van der Waals surface area contributed by atoms with E-state index in [1.54, 1.807) is 12.1 Å². The first-order valence-corrected chi connectivity index (χ1v) is 11.7. The molecule has 0 spiro atoms. The molecule has 3 aromatic rings. The normalized spacial score (nSPS) is 19.7. The number of hydrogen-bond acceptors (Lipinski definition) is 3. The van der Waals surface area contributed by atoms with Crippen molar-refractivity contribution in [2.24, 2.45) is 0 Å². The lowest BCUT2D eigenvalue weighted by Gasteiger charge is -2.36. The molecular formula is C28H28N2O3. The maximum absolute atomic E-state index is 13.5. The molecule has 0 unspecified atom stereocenters. The molecule has 1 aliphatic carbocycles. The molecule has 0 radical (unpaired) electrons. The summed E-state index contributed by atoms with van der Waals surface area (Å²) in [5.74, 6) is 0.579. The fourth-order valence-electron chi connectivity index (χ4n) is 4.91. The highest BCUT2D eigenvalue weighted by Crippen LogP contribution is 2.39. The minimum absolute atomic E-state index is 0.0327. The Kier molecular flexibility index (Phi) is 5.86. The van der Waals surface area contributed by atoms with Crippen molar-refractivity contribution in [2.45, 2.75) is 51.3 Å². The summed E-state index contributed by atoms with van der Waals surface area (Å²) in [6, 6.07) is 23.3. The van der Waals surface area contributed by atoms with Crippen molar-refractivity contribution in [3.8, 4) is 5.75 Å². The second kappa shape index (κ2) is 9.10. The van der Waals surface area contributed by atoms with Gasteiger partial charge in [-0.1, -0.05) is 49.4 Å². The van der Waals surface area contributed by atoms with Crippen LogP contribution in [0.25, 0.3) is 0 Å². The summed E-state index contributed by atoms with van der Waals surface area (Å²) in [4.78, 5) is 28.2. The van der Waals surface area contributed by atoms with E-state index < -0.39 is 6.10 Å². The summed E-state index contributed by atoms with van der Waals surface area (Å²) in [6.45, 7) is 2.44. The summed E-state index contributed by atoms with van der Waals surface area (Å²) >= 11 is 0. The Morgan fingerprint density at radius 3 is 2.64 bits per heavy atom. The van der Waals surface area contributed by atoms with E-state index >= 15 is 0 Å². The third-order valence-electron chi connectivity index (χ3n) is 6.61. The Hall–Kier alpha value is -3.60. The number of anilines is 1. The first kappa shape index (κ1) is 21.3. The number of aryl methyl sites for hydroxylation is 1. The summed E-state index contributed by atoms with van der Waals surface area (Å²) in [5, 5.41) is 2.98. The van der Waals surface area contributed by atoms with Crippen LogP contribution in [0.1, 0.15) is 59.3 Å². The van der Waals surface area contributed by atoms with E-state index in [9.17, 15) is 9.59 Å². The number of fused-ring (bicyclic) bond motifs is 2. The number of ether oxygens (including phenoxy) is 1. The number of rotatable bonds is 4. The quantitative estimate of drug-likeness (QED) is 0.581. The third kappa shape index (κ3) is 4.23. The molecule has 1 heterocycles. The van der Waals surface area contributed by atoms with E-state index in [0.29, 0.717) is 30.0 Å². The van der Waals surface area contributed by atoms with Crippen molar-refractivity contribution in [3.63, 3.8) is 0 Å². The smallest absolute Gasteiger partial charge is 0.264 e. The summed E-state index contributed by atoms with van der Waals surface area (Å²) in [6.07, 6.45) is 3.15. The van der Waals surface area contributed by atoms with E-state index in [0.717, 1.165) is 24.8 Å². The summed E-state index contributed by atoms with van der Waals surface area (Å²) < 4.78 is 6.17. The molecule has 0 aromatic heterocycles. The molecule has 2 aliphatic rings. The van der Waals surface area contributed by atoms with Gasteiger partial charge in [0.15, 0.2) is 6.10 Å². The van der Waals surface area contributed by atoms with Gasteiger partial charge in [-0.25, -0.2) is 0 Å². The first-order chi connectivity index (χ1) is 16.1. The molecule has 3 aromatic carbocycles. The second-order valence-electron chi connectivity index (χ2n) is 8.73. The molecule has 1 N–H and O–H groups in total. The number of benzene rings is 3. The van der Waals surface area contributed by atoms with Crippen molar-refractivity contribution in [3.05, 3.63) is 95.1 Å². The number of amides is 2. The van der Waals surface area contributed by atoms with Gasteiger partial charge >= 0.3 is 0 Å². The van der Waals surface area contributed by atoms with E-state index in [4.69, 9.17) is 4.74 Å². The van der Waals surface area contributed by atoms with Gasteiger partial charge in [0.1, 0.15) is 5.75 Å². The predicted molar refractivity (Wildman–Crippen MR) is 128 cm³/mol. The van der Waals surface area contributed by atoms with Crippen LogP contribution in [0.15, 0.2) is 72.8 Å². The van der Waals surface area contributed by atoms with E-state index in [2.05, 4.69) is 29.6 Å². The largest absolute Gasteiger partial charge is 0.480 e. The van der Waals surface area contributed by atoms with Crippen LogP contribution in [0.2, 0.25) is 0 Å². The minimum Gasteiger partial charge on any atom is -0.480 e. The number of nitrogens with one attached hydrogen (secondary N) is 1. The monoisotopic (exact) mass is 440 g/mol. The zero-order chi connectivity index (χ0) is 22.8. The van der Waals surface area contributed by atoms with E-state index in [1.807, 2.05) is 48.2 Å². The molecule has 2 atom stereocenters. The van der Waals surface area contributed by atoms with Crippen LogP contribution in [0.3, 0.4) is 0 Å². The average molecular weight is 441 g/mol.